The Balaban J connectivity index is 1.35. The number of ether oxygens (including phenoxy) is 1. The molecule has 1 amide bonds. The monoisotopic (exact) mass is 464 g/mol. The number of nitrogens with zero attached hydrogens (tertiary/aromatic N) is 1. The lowest BCUT2D eigenvalue weighted by Crippen LogP contribution is -2.24. The van der Waals surface area contributed by atoms with E-state index in [-0.39, 0.29) is 11.5 Å². The van der Waals surface area contributed by atoms with Crippen LogP contribution in [-0.4, -0.2) is 16.1 Å². The summed E-state index contributed by atoms with van der Waals surface area (Å²) in [5, 5.41) is 2.67. The zero-order chi connectivity index (χ0) is 24.2. The number of hydrogen-bond donors (Lipinski definition) is 1. The van der Waals surface area contributed by atoms with Gasteiger partial charge in [0.2, 0.25) is 0 Å². The van der Waals surface area contributed by atoms with E-state index in [1.807, 2.05) is 48.5 Å². The summed E-state index contributed by atoms with van der Waals surface area (Å²) in [5.41, 5.74) is 3.69. The van der Waals surface area contributed by atoms with Crippen molar-refractivity contribution in [2.75, 3.05) is 5.32 Å². The first-order valence-corrected chi connectivity index (χ1v) is 11.1. The minimum Gasteiger partial charge on any atom is -0.489 e. The number of halogens is 1. The Morgan fingerprint density at radius 2 is 1.54 bits per heavy atom. The van der Waals surface area contributed by atoms with Crippen LogP contribution in [0.15, 0.2) is 109 Å². The molecular formula is C29H21FN2O3. The second-order valence-electron chi connectivity index (χ2n) is 7.99. The van der Waals surface area contributed by atoms with E-state index in [0.717, 1.165) is 11.1 Å². The number of rotatable bonds is 7. The first-order valence-electron chi connectivity index (χ1n) is 11.1. The summed E-state index contributed by atoms with van der Waals surface area (Å²) in [6.45, 7) is 0.429. The van der Waals surface area contributed by atoms with Gasteiger partial charge in [0.15, 0.2) is 0 Å². The van der Waals surface area contributed by atoms with Gasteiger partial charge < -0.3 is 14.5 Å². The molecule has 2 aromatic heterocycles. The van der Waals surface area contributed by atoms with Crippen molar-refractivity contribution in [3.63, 3.8) is 0 Å². The second-order valence-corrected chi connectivity index (χ2v) is 7.99. The van der Waals surface area contributed by atoms with Gasteiger partial charge in [-0.3, -0.25) is 9.59 Å². The van der Waals surface area contributed by atoms with Gasteiger partial charge in [-0.2, -0.15) is 0 Å². The number of benzene rings is 3. The van der Waals surface area contributed by atoms with Crippen LogP contribution in [0.3, 0.4) is 0 Å². The number of ketones is 1. The Labute approximate surface area is 201 Å². The van der Waals surface area contributed by atoms with Gasteiger partial charge in [-0.05, 0) is 65.7 Å². The fourth-order valence-electron chi connectivity index (χ4n) is 3.88. The van der Waals surface area contributed by atoms with E-state index in [2.05, 4.69) is 5.32 Å². The lowest BCUT2D eigenvalue weighted by atomic mass is 10.0. The molecule has 1 N–H and O–H groups in total. The molecule has 6 heteroatoms. The number of nitrogens with one attached hydrogen (secondary N) is 1. The minimum absolute atomic E-state index is 0.215. The maximum atomic E-state index is 13.5. The molecule has 172 valence electrons. The summed E-state index contributed by atoms with van der Waals surface area (Å²) in [5.74, 6) is -1.19. The van der Waals surface area contributed by atoms with Gasteiger partial charge in [-0.1, -0.05) is 48.5 Å². The van der Waals surface area contributed by atoms with Crippen molar-refractivity contribution in [2.24, 2.45) is 0 Å². The highest BCUT2D eigenvalue weighted by molar-refractivity contribution is 6.47. The van der Waals surface area contributed by atoms with Gasteiger partial charge in [0.25, 0.3) is 11.7 Å². The highest BCUT2D eigenvalue weighted by atomic mass is 19.1. The van der Waals surface area contributed by atoms with Gasteiger partial charge in [0, 0.05) is 23.0 Å². The summed E-state index contributed by atoms with van der Waals surface area (Å²) in [7, 11) is 0. The summed E-state index contributed by atoms with van der Waals surface area (Å²) < 4.78 is 20.9. The molecule has 2 heterocycles. The molecule has 5 rings (SSSR count). The van der Waals surface area contributed by atoms with Crippen molar-refractivity contribution in [3.8, 4) is 16.9 Å². The molecule has 0 atom stereocenters. The molecule has 0 saturated carbocycles. The molecule has 35 heavy (non-hydrogen) atoms. The Kier molecular flexibility index (Phi) is 6.09. The lowest BCUT2D eigenvalue weighted by Gasteiger charge is -2.09. The van der Waals surface area contributed by atoms with Gasteiger partial charge in [-0.15, -0.1) is 0 Å². The fraction of sp³-hybridized carbons (Fsp3) is 0.0345. The van der Waals surface area contributed by atoms with E-state index in [9.17, 15) is 14.0 Å². The van der Waals surface area contributed by atoms with Gasteiger partial charge in [0.05, 0.1) is 0 Å². The van der Waals surface area contributed by atoms with Gasteiger partial charge in [-0.25, -0.2) is 4.39 Å². The molecule has 0 spiro atoms. The third kappa shape index (κ3) is 4.82. The summed E-state index contributed by atoms with van der Waals surface area (Å²) in [6.07, 6.45) is 1.72. The van der Waals surface area contributed by atoms with Crippen LogP contribution in [0, 0.1) is 5.82 Å². The number of aromatic nitrogens is 1. The zero-order valence-electron chi connectivity index (χ0n) is 18.6. The molecule has 0 fully saturated rings. The molecule has 5 nitrogen and oxygen atoms in total. The third-order valence-electron chi connectivity index (χ3n) is 5.62. The standard InChI is InChI=1S/C29H21FN2O3/c30-22-11-9-21(10-12-22)26-18-24-8-4-5-17-32(24)27(26)28(33)29(34)31-23-13-15-25(16-14-23)35-19-20-6-2-1-3-7-20/h1-18H,19H2,(H,31,34). The van der Waals surface area contributed by atoms with Crippen molar-refractivity contribution >= 4 is 22.9 Å². The van der Waals surface area contributed by atoms with Crippen LogP contribution in [0.2, 0.25) is 0 Å². The Hall–Kier alpha value is -4.71. The largest absolute Gasteiger partial charge is 0.489 e. The summed E-state index contributed by atoms with van der Waals surface area (Å²) in [6, 6.07) is 29.8. The van der Waals surface area contributed by atoms with Crippen LogP contribution in [0.25, 0.3) is 16.6 Å². The van der Waals surface area contributed by atoms with Crippen molar-refractivity contribution in [2.45, 2.75) is 6.61 Å². The predicted molar refractivity (Wildman–Crippen MR) is 133 cm³/mol. The normalized spacial score (nSPS) is 10.8. The van der Waals surface area contributed by atoms with E-state index in [1.165, 1.54) is 12.1 Å². The highest BCUT2D eigenvalue weighted by Crippen LogP contribution is 2.29. The number of anilines is 1. The van der Waals surface area contributed by atoms with E-state index in [1.54, 1.807) is 53.1 Å². The van der Waals surface area contributed by atoms with Crippen LogP contribution < -0.4 is 10.1 Å². The highest BCUT2D eigenvalue weighted by Gasteiger charge is 2.25. The zero-order valence-corrected chi connectivity index (χ0v) is 18.6. The molecule has 0 bridgehead atoms. The first-order chi connectivity index (χ1) is 17.1. The number of pyridine rings is 1. The van der Waals surface area contributed by atoms with E-state index in [0.29, 0.717) is 29.2 Å². The van der Waals surface area contributed by atoms with E-state index in [4.69, 9.17) is 4.74 Å². The van der Waals surface area contributed by atoms with Crippen molar-refractivity contribution in [1.29, 1.82) is 0 Å². The average Bonchev–Trinajstić information content (AvgIpc) is 3.28. The minimum atomic E-state index is -0.768. The molecule has 0 unspecified atom stereocenters. The maximum absolute atomic E-state index is 13.5. The molecule has 5 aromatic rings. The molecule has 0 radical (unpaired) electrons. The van der Waals surface area contributed by atoms with Crippen molar-refractivity contribution in [3.05, 3.63) is 126 Å². The topological polar surface area (TPSA) is 59.8 Å². The fourth-order valence-corrected chi connectivity index (χ4v) is 3.88. The molecule has 0 aliphatic carbocycles. The van der Waals surface area contributed by atoms with Crippen LogP contribution in [0.5, 0.6) is 5.75 Å². The Morgan fingerprint density at radius 1 is 0.829 bits per heavy atom. The maximum Gasteiger partial charge on any atom is 0.298 e. The average molecular weight is 464 g/mol. The van der Waals surface area contributed by atoms with Gasteiger partial charge >= 0.3 is 0 Å². The molecular weight excluding hydrogens is 443 g/mol. The lowest BCUT2D eigenvalue weighted by molar-refractivity contribution is -0.112. The molecule has 0 aliphatic heterocycles. The number of Topliss-reactive ketones (excluding diaryl/α,β-unsaturated/α-hetero) is 1. The van der Waals surface area contributed by atoms with Crippen LogP contribution in [-0.2, 0) is 11.4 Å². The van der Waals surface area contributed by atoms with Crippen LogP contribution in [0.1, 0.15) is 16.1 Å². The Bertz CT molecular complexity index is 1490. The number of carbonyl (C=O) groups is 2. The summed E-state index contributed by atoms with van der Waals surface area (Å²) >= 11 is 0. The summed E-state index contributed by atoms with van der Waals surface area (Å²) in [4.78, 5) is 26.2. The SMILES string of the molecule is O=C(Nc1ccc(OCc2ccccc2)cc1)C(=O)c1c(-c2ccc(F)cc2)cc2ccccn12. The molecule has 0 aliphatic rings. The first kappa shape index (κ1) is 22.1. The Morgan fingerprint density at radius 3 is 2.29 bits per heavy atom. The molecule has 3 aromatic carbocycles. The third-order valence-corrected chi connectivity index (χ3v) is 5.62. The number of amides is 1. The van der Waals surface area contributed by atoms with Crippen LogP contribution in [0.4, 0.5) is 10.1 Å². The number of fused-ring (bicyclic) bond motifs is 1. The number of carbonyl (C=O) groups excluding carboxylic acids is 2. The van der Waals surface area contributed by atoms with Gasteiger partial charge in [0.1, 0.15) is 23.9 Å². The molecule has 0 saturated heterocycles. The van der Waals surface area contributed by atoms with E-state index >= 15 is 0 Å². The number of hydrogen-bond acceptors (Lipinski definition) is 3. The van der Waals surface area contributed by atoms with E-state index < -0.39 is 11.7 Å². The van der Waals surface area contributed by atoms with Crippen LogP contribution >= 0.6 is 0 Å². The smallest absolute Gasteiger partial charge is 0.298 e. The predicted octanol–water partition coefficient (Wildman–Crippen LogP) is 6.15. The van der Waals surface area contributed by atoms with Crippen molar-refractivity contribution < 1.29 is 18.7 Å². The van der Waals surface area contributed by atoms with Crippen molar-refractivity contribution in [1.82, 2.24) is 4.40 Å². The second kappa shape index (κ2) is 9.65. The quantitative estimate of drug-likeness (QED) is 0.232.